The molecule has 3 nitrogen and oxygen atoms in total. The molecule has 3 rings (SSSR count). The van der Waals surface area contributed by atoms with Crippen LogP contribution in [0.3, 0.4) is 0 Å². The van der Waals surface area contributed by atoms with E-state index in [9.17, 15) is 4.79 Å². The van der Waals surface area contributed by atoms with Crippen LogP contribution in [0.25, 0.3) is 10.9 Å². The molecule has 1 aromatic heterocycles. The second-order valence-corrected chi connectivity index (χ2v) is 6.32. The van der Waals surface area contributed by atoms with Gasteiger partial charge in [0.15, 0.2) is 5.78 Å². The first-order valence-corrected chi connectivity index (χ1v) is 7.74. The molecule has 0 bridgehead atoms. The van der Waals surface area contributed by atoms with Gasteiger partial charge in [0.1, 0.15) is 0 Å². The van der Waals surface area contributed by atoms with Crippen LogP contribution in [0.2, 0.25) is 0 Å². The molecule has 0 saturated carbocycles. The summed E-state index contributed by atoms with van der Waals surface area (Å²) in [6.45, 7) is 6.11. The largest absolute Gasteiger partial charge is 0.292 e. The third kappa shape index (κ3) is 2.58. The van der Waals surface area contributed by atoms with Crippen molar-refractivity contribution >= 4 is 16.7 Å². The molecule has 1 aliphatic heterocycles. The molecule has 1 aromatic carbocycles. The van der Waals surface area contributed by atoms with Gasteiger partial charge in [-0.05, 0) is 51.9 Å². The van der Waals surface area contributed by atoms with Crippen molar-refractivity contribution in [1.82, 2.24) is 9.88 Å². The number of carbonyl (C=O) groups excluding carboxylic acids is 1. The Hall–Kier alpha value is -1.74. The Bertz CT molecular complexity index is 652. The monoisotopic (exact) mass is 282 g/mol. The summed E-state index contributed by atoms with van der Waals surface area (Å²) in [6.07, 6.45) is 5.40. The van der Waals surface area contributed by atoms with Crippen LogP contribution in [0.4, 0.5) is 0 Å². The molecule has 110 valence electrons. The van der Waals surface area contributed by atoms with Gasteiger partial charge in [0.2, 0.25) is 0 Å². The quantitative estimate of drug-likeness (QED) is 0.805. The highest BCUT2D eigenvalue weighted by Gasteiger charge is 2.36. The Morgan fingerprint density at radius 1 is 1.10 bits per heavy atom. The molecule has 0 spiro atoms. The number of ketones is 1. The van der Waals surface area contributed by atoms with Gasteiger partial charge in [-0.2, -0.15) is 0 Å². The van der Waals surface area contributed by atoms with Gasteiger partial charge in [-0.1, -0.05) is 24.6 Å². The topological polar surface area (TPSA) is 33.2 Å². The zero-order chi connectivity index (χ0) is 14.9. The maximum Gasteiger partial charge on any atom is 0.184 e. The Morgan fingerprint density at radius 2 is 1.81 bits per heavy atom. The van der Waals surface area contributed by atoms with Crippen molar-refractivity contribution < 1.29 is 4.79 Å². The second kappa shape index (κ2) is 5.57. The number of para-hydroxylation sites is 1. The lowest BCUT2D eigenvalue weighted by atomic mass is 9.88. The zero-order valence-corrected chi connectivity index (χ0v) is 12.8. The lowest BCUT2D eigenvalue weighted by Gasteiger charge is -2.39. The molecule has 2 heterocycles. The summed E-state index contributed by atoms with van der Waals surface area (Å²) < 4.78 is 0. The molecule has 0 amide bonds. The van der Waals surface area contributed by atoms with Crippen LogP contribution >= 0.6 is 0 Å². The van der Waals surface area contributed by atoms with Crippen molar-refractivity contribution in [3.63, 3.8) is 0 Å². The van der Waals surface area contributed by atoms with Gasteiger partial charge in [0.25, 0.3) is 0 Å². The average molecular weight is 282 g/mol. The molecule has 2 aromatic rings. The maximum absolute atomic E-state index is 13.1. The highest BCUT2D eigenvalue weighted by atomic mass is 16.1. The van der Waals surface area contributed by atoms with Gasteiger partial charge < -0.3 is 0 Å². The summed E-state index contributed by atoms with van der Waals surface area (Å²) in [5.74, 6) is 0.175. The van der Waals surface area contributed by atoms with Crippen LogP contribution in [0.5, 0.6) is 0 Å². The molecule has 0 N–H and O–H groups in total. The highest BCUT2D eigenvalue weighted by molar-refractivity contribution is 6.10. The Balaban J connectivity index is 1.99. The molecule has 1 fully saturated rings. The van der Waals surface area contributed by atoms with Crippen molar-refractivity contribution in [2.45, 2.75) is 38.6 Å². The van der Waals surface area contributed by atoms with E-state index in [-0.39, 0.29) is 5.78 Å². The number of rotatable bonds is 3. The fourth-order valence-electron chi connectivity index (χ4n) is 3.21. The Morgan fingerprint density at radius 3 is 2.57 bits per heavy atom. The van der Waals surface area contributed by atoms with Crippen LogP contribution in [0.15, 0.2) is 36.5 Å². The second-order valence-electron chi connectivity index (χ2n) is 6.32. The molecular weight excluding hydrogens is 260 g/mol. The number of nitrogens with zero attached hydrogens (tertiary/aromatic N) is 2. The molecule has 0 atom stereocenters. The molecule has 21 heavy (non-hydrogen) atoms. The summed E-state index contributed by atoms with van der Waals surface area (Å²) in [5.41, 5.74) is 1.09. The normalized spacial score (nSPS) is 17.0. The summed E-state index contributed by atoms with van der Waals surface area (Å²) in [6, 6.07) is 9.78. The molecule has 1 saturated heterocycles. The van der Waals surface area contributed by atoms with Gasteiger partial charge in [0, 0.05) is 17.1 Å². The van der Waals surface area contributed by atoms with Gasteiger partial charge in [0.05, 0.1) is 11.1 Å². The van der Waals surface area contributed by atoms with Crippen LogP contribution < -0.4 is 0 Å². The van der Waals surface area contributed by atoms with E-state index >= 15 is 0 Å². The third-order valence-corrected chi connectivity index (χ3v) is 4.58. The lowest BCUT2D eigenvalue weighted by Crippen LogP contribution is -2.52. The van der Waals surface area contributed by atoms with Gasteiger partial charge in [-0.3, -0.25) is 14.7 Å². The van der Waals surface area contributed by atoms with E-state index in [1.165, 1.54) is 19.3 Å². The van der Waals surface area contributed by atoms with E-state index in [0.717, 1.165) is 29.6 Å². The first kappa shape index (κ1) is 14.2. The zero-order valence-electron chi connectivity index (χ0n) is 12.8. The van der Waals surface area contributed by atoms with Crippen LogP contribution in [-0.4, -0.2) is 34.3 Å². The molecule has 1 aliphatic rings. The van der Waals surface area contributed by atoms with Crippen molar-refractivity contribution in [1.29, 1.82) is 0 Å². The predicted octanol–water partition coefficient (Wildman–Crippen LogP) is 3.68. The van der Waals surface area contributed by atoms with Gasteiger partial charge in [-0.25, -0.2) is 0 Å². The predicted molar refractivity (Wildman–Crippen MR) is 85.6 cm³/mol. The molecule has 0 unspecified atom stereocenters. The van der Waals surface area contributed by atoms with E-state index in [1.54, 1.807) is 6.20 Å². The number of Topliss-reactive ketones (excluding diaryl/α,β-unsaturated/α-hetero) is 1. The number of piperidine rings is 1. The number of pyridine rings is 1. The van der Waals surface area contributed by atoms with Gasteiger partial charge >= 0.3 is 0 Å². The number of aromatic nitrogens is 1. The number of likely N-dealkylation sites (tertiary alicyclic amines) is 1. The minimum atomic E-state index is -0.466. The standard InChI is InChI=1S/C18H22N2O/c1-18(2,20-12-4-3-5-13-20)17(21)15-10-6-8-14-9-7-11-19-16(14)15/h6-11H,3-5,12-13H2,1-2H3. The SMILES string of the molecule is CC(C)(C(=O)c1cccc2cccnc12)N1CCCCC1. The van der Waals surface area contributed by atoms with E-state index in [1.807, 2.05) is 44.2 Å². The van der Waals surface area contributed by atoms with E-state index in [2.05, 4.69) is 9.88 Å². The maximum atomic E-state index is 13.1. The van der Waals surface area contributed by atoms with E-state index in [0.29, 0.717) is 0 Å². The van der Waals surface area contributed by atoms with Crippen molar-refractivity contribution in [3.05, 3.63) is 42.1 Å². The van der Waals surface area contributed by atoms with Crippen LogP contribution in [0.1, 0.15) is 43.5 Å². The Kier molecular flexibility index (Phi) is 3.77. The smallest absolute Gasteiger partial charge is 0.184 e. The first-order valence-electron chi connectivity index (χ1n) is 7.74. The van der Waals surface area contributed by atoms with Crippen molar-refractivity contribution in [2.75, 3.05) is 13.1 Å². The number of fused-ring (bicyclic) bond motifs is 1. The fraction of sp³-hybridized carbons (Fsp3) is 0.444. The fourth-order valence-corrected chi connectivity index (χ4v) is 3.21. The Labute approximate surface area is 126 Å². The number of hydrogen-bond acceptors (Lipinski definition) is 3. The van der Waals surface area contributed by atoms with Crippen molar-refractivity contribution in [2.24, 2.45) is 0 Å². The number of hydrogen-bond donors (Lipinski definition) is 0. The number of carbonyl (C=O) groups is 1. The minimum absolute atomic E-state index is 0.175. The lowest BCUT2D eigenvalue weighted by molar-refractivity contribution is 0.0581. The van der Waals surface area contributed by atoms with E-state index in [4.69, 9.17) is 0 Å². The molecule has 0 aliphatic carbocycles. The molecular formula is C18H22N2O. The summed E-state index contributed by atoms with van der Waals surface area (Å²) in [4.78, 5) is 19.8. The molecule has 0 radical (unpaired) electrons. The van der Waals surface area contributed by atoms with Crippen molar-refractivity contribution in [3.8, 4) is 0 Å². The first-order chi connectivity index (χ1) is 10.1. The average Bonchev–Trinajstić information content (AvgIpc) is 2.54. The number of benzene rings is 1. The third-order valence-electron chi connectivity index (χ3n) is 4.58. The van der Waals surface area contributed by atoms with Crippen LogP contribution in [-0.2, 0) is 0 Å². The minimum Gasteiger partial charge on any atom is -0.292 e. The summed E-state index contributed by atoms with van der Waals surface area (Å²) >= 11 is 0. The highest BCUT2D eigenvalue weighted by Crippen LogP contribution is 2.27. The van der Waals surface area contributed by atoms with Crippen LogP contribution in [0, 0.1) is 0 Å². The summed E-state index contributed by atoms with van der Waals surface area (Å²) in [7, 11) is 0. The van der Waals surface area contributed by atoms with E-state index < -0.39 is 5.54 Å². The van der Waals surface area contributed by atoms with Gasteiger partial charge in [-0.15, -0.1) is 0 Å². The molecule has 3 heteroatoms. The summed E-state index contributed by atoms with van der Waals surface area (Å²) in [5, 5.41) is 1.03.